The van der Waals surface area contributed by atoms with Gasteiger partial charge in [-0.05, 0) is 12.1 Å². The number of halogens is 2. The normalized spacial score (nSPS) is 20.4. The summed E-state index contributed by atoms with van der Waals surface area (Å²) in [6.07, 6.45) is -0.562. The van der Waals surface area contributed by atoms with Gasteiger partial charge in [-0.2, -0.15) is 0 Å². The number of benzene rings is 1. The summed E-state index contributed by atoms with van der Waals surface area (Å²) < 4.78 is 6.05. The van der Waals surface area contributed by atoms with Gasteiger partial charge in [0.2, 0.25) is 0 Å². The number of hydrogen-bond acceptors (Lipinski definition) is 2. The highest BCUT2D eigenvalue weighted by atomic mass is 79.9. The molecule has 1 atom stereocenters. The van der Waals surface area contributed by atoms with Gasteiger partial charge in [-0.3, -0.25) is 0 Å². The molecule has 1 aromatic rings. The molecule has 0 bridgehead atoms. The van der Waals surface area contributed by atoms with Gasteiger partial charge in [-0.25, -0.2) is 0 Å². The molecule has 0 spiro atoms. The fourth-order valence-electron chi connectivity index (χ4n) is 1.25. The maximum absolute atomic E-state index is 9.47. The number of fused-ring (bicyclic) bond motifs is 1. The van der Waals surface area contributed by atoms with Gasteiger partial charge in [0.25, 0.3) is 0 Å². The van der Waals surface area contributed by atoms with E-state index in [0.717, 1.165) is 10.0 Å². The fourth-order valence-corrected chi connectivity index (χ4v) is 2.05. The third-order valence-electron chi connectivity index (χ3n) is 1.81. The van der Waals surface area contributed by atoms with Gasteiger partial charge in [0.05, 0.1) is 5.02 Å². The number of aliphatic hydroxyl groups excluding tert-OH is 1. The molecule has 1 heterocycles. The van der Waals surface area contributed by atoms with Crippen LogP contribution in [0.5, 0.6) is 5.75 Å². The third-order valence-corrected chi connectivity index (χ3v) is 2.80. The van der Waals surface area contributed by atoms with Gasteiger partial charge in [-0.15, -0.1) is 0 Å². The Morgan fingerprint density at radius 1 is 1.58 bits per heavy atom. The van der Waals surface area contributed by atoms with Crippen molar-refractivity contribution in [3.05, 3.63) is 27.2 Å². The minimum atomic E-state index is -0.562. The molecule has 2 rings (SSSR count). The Morgan fingerprint density at radius 3 is 3.00 bits per heavy atom. The van der Waals surface area contributed by atoms with Crippen LogP contribution in [0.3, 0.4) is 0 Å². The topological polar surface area (TPSA) is 29.5 Å². The molecule has 2 nitrogen and oxygen atoms in total. The number of hydrogen-bond donors (Lipinski definition) is 1. The highest BCUT2D eigenvalue weighted by molar-refractivity contribution is 9.10. The molecule has 0 saturated heterocycles. The number of rotatable bonds is 0. The molecule has 0 aromatic heterocycles. The van der Waals surface area contributed by atoms with Crippen LogP contribution in [0.2, 0.25) is 5.02 Å². The Hall–Kier alpha value is -0.250. The van der Waals surface area contributed by atoms with E-state index in [-0.39, 0.29) is 6.61 Å². The Labute approximate surface area is 83.2 Å². The SMILES string of the molecule is OC1COc2c(Cl)ccc(Br)c21. The first-order valence-corrected chi connectivity index (χ1v) is 4.66. The van der Waals surface area contributed by atoms with Crippen molar-refractivity contribution in [3.63, 3.8) is 0 Å². The van der Waals surface area contributed by atoms with E-state index in [1.54, 1.807) is 12.1 Å². The summed E-state index contributed by atoms with van der Waals surface area (Å²) in [6, 6.07) is 3.54. The Morgan fingerprint density at radius 2 is 2.33 bits per heavy atom. The molecule has 1 N–H and O–H groups in total. The van der Waals surface area contributed by atoms with E-state index in [4.69, 9.17) is 16.3 Å². The van der Waals surface area contributed by atoms with Crippen molar-refractivity contribution in [1.29, 1.82) is 0 Å². The summed E-state index contributed by atoms with van der Waals surface area (Å²) in [6.45, 7) is 0.289. The molecule has 0 amide bonds. The van der Waals surface area contributed by atoms with E-state index >= 15 is 0 Å². The van der Waals surface area contributed by atoms with Crippen molar-refractivity contribution in [2.24, 2.45) is 0 Å². The van der Waals surface area contributed by atoms with Crippen LogP contribution >= 0.6 is 27.5 Å². The van der Waals surface area contributed by atoms with Crippen molar-refractivity contribution in [3.8, 4) is 5.75 Å². The van der Waals surface area contributed by atoms with E-state index in [0.29, 0.717) is 10.8 Å². The van der Waals surface area contributed by atoms with Crippen molar-refractivity contribution in [2.75, 3.05) is 6.61 Å². The Kier molecular flexibility index (Phi) is 2.02. The molecule has 0 radical (unpaired) electrons. The van der Waals surface area contributed by atoms with Crippen molar-refractivity contribution in [1.82, 2.24) is 0 Å². The van der Waals surface area contributed by atoms with Gasteiger partial charge < -0.3 is 9.84 Å². The maximum atomic E-state index is 9.47. The molecule has 1 unspecified atom stereocenters. The lowest BCUT2D eigenvalue weighted by Gasteiger charge is -2.03. The van der Waals surface area contributed by atoms with Crippen molar-refractivity contribution >= 4 is 27.5 Å². The molecule has 1 aromatic carbocycles. The predicted octanol–water partition coefficient (Wildman–Crippen LogP) is 2.53. The van der Waals surface area contributed by atoms with Gasteiger partial charge in [0.1, 0.15) is 18.5 Å². The zero-order valence-corrected chi connectivity index (χ0v) is 8.39. The van der Waals surface area contributed by atoms with E-state index < -0.39 is 6.10 Å². The predicted molar refractivity (Wildman–Crippen MR) is 49.6 cm³/mol. The van der Waals surface area contributed by atoms with Crippen LogP contribution in [0.4, 0.5) is 0 Å². The maximum Gasteiger partial charge on any atom is 0.145 e. The first-order valence-electron chi connectivity index (χ1n) is 3.49. The van der Waals surface area contributed by atoms with E-state index in [9.17, 15) is 5.11 Å². The molecule has 0 fully saturated rings. The lowest BCUT2D eigenvalue weighted by molar-refractivity contribution is 0.140. The van der Waals surface area contributed by atoms with Crippen LogP contribution < -0.4 is 4.74 Å². The van der Waals surface area contributed by atoms with Crippen LogP contribution in [-0.4, -0.2) is 11.7 Å². The second-order valence-corrected chi connectivity index (χ2v) is 3.86. The van der Waals surface area contributed by atoms with E-state index in [1.165, 1.54) is 0 Å². The lowest BCUT2D eigenvalue weighted by atomic mass is 10.1. The van der Waals surface area contributed by atoms with Gasteiger partial charge >= 0.3 is 0 Å². The minimum Gasteiger partial charge on any atom is -0.489 e. The van der Waals surface area contributed by atoms with Crippen LogP contribution in [0.25, 0.3) is 0 Å². The summed E-state index contributed by atoms with van der Waals surface area (Å²) in [5, 5.41) is 10.0. The highest BCUT2D eigenvalue weighted by Crippen LogP contribution is 2.42. The Bertz CT molecular complexity index is 327. The molecular formula is C8H6BrClO2. The second kappa shape index (κ2) is 2.91. The van der Waals surface area contributed by atoms with Crippen molar-refractivity contribution in [2.45, 2.75) is 6.10 Å². The van der Waals surface area contributed by atoms with Crippen LogP contribution in [0, 0.1) is 0 Å². The number of aliphatic hydroxyl groups is 1. The van der Waals surface area contributed by atoms with Crippen LogP contribution in [0.1, 0.15) is 11.7 Å². The minimum absolute atomic E-state index is 0.289. The molecule has 0 aliphatic carbocycles. The first kappa shape index (κ1) is 8.35. The monoisotopic (exact) mass is 248 g/mol. The molecule has 1 aliphatic heterocycles. The molecular weight excluding hydrogens is 243 g/mol. The first-order chi connectivity index (χ1) is 5.70. The zero-order valence-electron chi connectivity index (χ0n) is 6.05. The average molecular weight is 249 g/mol. The Balaban J connectivity index is 2.64. The summed E-state index contributed by atoms with van der Waals surface area (Å²) in [7, 11) is 0. The van der Waals surface area contributed by atoms with Gasteiger partial charge in [-0.1, -0.05) is 27.5 Å². The van der Waals surface area contributed by atoms with Crippen LogP contribution in [-0.2, 0) is 0 Å². The molecule has 64 valence electrons. The molecule has 12 heavy (non-hydrogen) atoms. The van der Waals surface area contributed by atoms with Crippen molar-refractivity contribution < 1.29 is 9.84 Å². The molecule has 4 heteroatoms. The van der Waals surface area contributed by atoms with Gasteiger partial charge in [0, 0.05) is 10.0 Å². The standard InChI is InChI=1S/C8H6BrClO2/c9-4-1-2-5(10)8-7(4)6(11)3-12-8/h1-2,6,11H,3H2. The smallest absolute Gasteiger partial charge is 0.145 e. The summed E-state index contributed by atoms with van der Waals surface area (Å²) in [4.78, 5) is 0. The lowest BCUT2D eigenvalue weighted by Crippen LogP contribution is -1.97. The molecule has 0 saturated carbocycles. The fraction of sp³-hybridized carbons (Fsp3) is 0.250. The number of ether oxygens (including phenoxy) is 1. The third kappa shape index (κ3) is 1.13. The van der Waals surface area contributed by atoms with Crippen LogP contribution in [0.15, 0.2) is 16.6 Å². The summed E-state index contributed by atoms with van der Waals surface area (Å²) in [5.74, 6) is 0.596. The van der Waals surface area contributed by atoms with Gasteiger partial charge in [0.15, 0.2) is 0 Å². The average Bonchev–Trinajstić information content (AvgIpc) is 2.42. The second-order valence-electron chi connectivity index (χ2n) is 2.60. The van der Waals surface area contributed by atoms with E-state index in [1.807, 2.05) is 0 Å². The summed E-state index contributed by atoms with van der Waals surface area (Å²) >= 11 is 9.17. The molecule has 1 aliphatic rings. The zero-order chi connectivity index (χ0) is 8.72. The highest BCUT2D eigenvalue weighted by Gasteiger charge is 2.26. The largest absolute Gasteiger partial charge is 0.489 e. The quantitative estimate of drug-likeness (QED) is 0.766. The van der Waals surface area contributed by atoms with E-state index in [2.05, 4.69) is 15.9 Å². The summed E-state index contributed by atoms with van der Waals surface area (Å²) in [5.41, 5.74) is 0.752.